The van der Waals surface area contributed by atoms with Gasteiger partial charge in [0, 0.05) is 6.04 Å². The smallest absolute Gasteiger partial charge is 0.246 e. The molecule has 7 heteroatoms. The van der Waals surface area contributed by atoms with Crippen LogP contribution < -0.4 is 16.0 Å². The van der Waals surface area contributed by atoms with Crippen LogP contribution in [-0.4, -0.2) is 53.8 Å². The predicted octanol–water partition coefficient (Wildman–Crippen LogP) is 2.21. The van der Waals surface area contributed by atoms with Crippen LogP contribution in [0.4, 0.5) is 0 Å². The first-order valence-electron chi connectivity index (χ1n) is 12.2. The minimum Gasteiger partial charge on any atom is -0.347 e. The summed E-state index contributed by atoms with van der Waals surface area (Å²) < 4.78 is 0. The van der Waals surface area contributed by atoms with E-state index in [9.17, 15) is 14.4 Å². The van der Waals surface area contributed by atoms with Crippen molar-refractivity contribution in [1.82, 2.24) is 20.9 Å². The number of likely N-dealkylation sites (N-methyl/N-ethyl adjacent to an activating group) is 1. The van der Waals surface area contributed by atoms with E-state index in [2.05, 4.69) is 28.1 Å². The third-order valence-corrected chi connectivity index (χ3v) is 7.47. The number of carbonyl (C=O) groups is 3. The Bertz CT molecular complexity index is 857. The van der Waals surface area contributed by atoms with Crippen molar-refractivity contribution in [3.63, 3.8) is 0 Å². The van der Waals surface area contributed by atoms with E-state index in [1.165, 1.54) is 11.1 Å². The highest BCUT2D eigenvalue weighted by Gasteiger charge is 2.44. The zero-order valence-corrected chi connectivity index (χ0v) is 19.2. The summed E-state index contributed by atoms with van der Waals surface area (Å²) in [7, 11) is 1.73. The Morgan fingerprint density at radius 1 is 0.969 bits per heavy atom. The van der Waals surface area contributed by atoms with Crippen molar-refractivity contribution in [2.75, 3.05) is 7.05 Å². The standard InChI is InChI=1S/C25H36N4O3/c1-16(26-2)23(30)28-21-12-6-4-10-18-14-15-22(29(18)25(21)32)24(31)27-20-13-7-9-17-8-3-5-11-19(17)20/h3,5,8,11,16,18,20-22,26H,4,6-7,9-10,12-15H2,1-2H3,(H,27,31)(H,28,30)/t16-,18?,20+,21?,22-/m0/s1. The molecule has 2 aliphatic heterocycles. The Labute approximate surface area is 190 Å². The molecule has 7 nitrogen and oxygen atoms in total. The van der Waals surface area contributed by atoms with Gasteiger partial charge >= 0.3 is 0 Å². The van der Waals surface area contributed by atoms with Gasteiger partial charge in [-0.2, -0.15) is 0 Å². The fourth-order valence-electron chi connectivity index (χ4n) is 5.52. The maximum Gasteiger partial charge on any atom is 0.246 e. The van der Waals surface area contributed by atoms with Crippen LogP contribution in [0.1, 0.15) is 75.5 Å². The van der Waals surface area contributed by atoms with Gasteiger partial charge in [-0.25, -0.2) is 0 Å². The maximum atomic E-state index is 13.5. The number of hydrogen-bond donors (Lipinski definition) is 3. The largest absolute Gasteiger partial charge is 0.347 e. The summed E-state index contributed by atoms with van der Waals surface area (Å²) in [5, 5.41) is 9.11. The van der Waals surface area contributed by atoms with Crippen molar-refractivity contribution in [1.29, 1.82) is 0 Å². The Morgan fingerprint density at radius 2 is 1.72 bits per heavy atom. The number of benzene rings is 1. The second-order valence-corrected chi connectivity index (χ2v) is 9.50. The van der Waals surface area contributed by atoms with Gasteiger partial charge in [-0.3, -0.25) is 14.4 Å². The summed E-state index contributed by atoms with van der Waals surface area (Å²) >= 11 is 0. The van der Waals surface area contributed by atoms with Gasteiger partial charge in [-0.1, -0.05) is 37.1 Å². The molecule has 174 valence electrons. The topological polar surface area (TPSA) is 90.5 Å². The quantitative estimate of drug-likeness (QED) is 0.655. The maximum absolute atomic E-state index is 13.5. The SMILES string of the molecule is CN[C@@H](C)C(=O)NC1CCCCC2CC[C@@H](C(=O)N[C@@H]3CCCc4ccccc43)N2C1=O. The van der Waals surface area contributed by atoms with Gasteiger partial charge in [0.05, 0.1) is 12.1 Å². The first-order chi connectivity index (χ1) is 15.5. The van der Waals surface area contributed by atoms with Crippen molar-refractivity contribution in [2.24, 2.45) is 0 Å². The van der Waals surface area contributed by atoms with Gasteiger partial charge in [0.25, 0.3) is 0 Å². The van der Waals surface area contributed by atoms with E-state index >= 15 is 0 Å². The highest BCUT2D eigenvalue weighted by molar-refractivity contribution is 5.93. The van der Waals surface area contributed by atoms with Crippen molar-refractivity contribution in [3.05, 3.63) is 35.4 Å². The van der Waals surface area contributed by atoms with E-state index in [0.717, 1.165) is 44.9 Å². The van der Waals surface area contributed by atoms with Crippen LogP contribution in [-0.2, 0) is 20.8 Å². The van der Waals surface area contributed by atoms with Crippen molar-refractivity contribution in [2.45, 2.75) is 94.9 Å². The number of rotatable bonds is 5. The highest BCUT2D eigenvalue weighted by atomic mass is 16.2. The zero-order valence-electron chi connectivity index (χ0n) is 19.2. The lowest BCUT2D eigenvalue weighted by molar-refractivity contribution is -0.144. The normalized spacial score (nSPS) is 28.7. The van der Waals surface area contributed by atoms with Gasteiger partial charge in [0.15, 0.2) is 0 Å². The average molecular weight is 441 g/mol. The molecule has 1 aromatic rings. The van der Waals surface area contributed by atoms with Crippen LogP contribution in [0.15, 0.2) is 24.3 Å². The van der Waals surface area contributed by atoms with Crippen LogP contribution in [0.25, 0.3) is 0 Å². The summed E-state index contributed by atoms with van der Waals surface area (Å²) in [6.07, 6.45) is 8.01. The third-order valence-electron chi connectivity index (χ3n) is 7.47. The van der Waals surface area contributed by atoms with E-state index in [-0.39, 0.29) is 35.8 Å². The molecule has 2 fully saturated rings. The summed E-state index contributed by atoms with van der Waals surface area (Å²) in [5.41, 5.74) is 2.50. The molecule has 1 aliphatic carbocycles. The van der Waals surface area contributed by atoms with Crippen LogP contribution in [0.2, 0.25) is 0 Å². The number of nitrogens with one attached hydrogen (secondary N) is 3. The molecule has 0 aromatic heterocycles. The minimum atomic E-state index is -0.565. The molecule has 1 aromatic carbocycles. The molecule has 5 atom stereocenters. The van der Waals surface area contributed by atoms with E-state index < -0.39 is 12.1 Å². The molecule has 32 heavy (non-hydrogen) atoms. The molecule has 4 rings (SSSR count). The van der Waals surface area contributed by atoms with Crippen LogP contribution in [0.5, 0.6) is 0 Å². The summed E-state index contributed by atoms with van der Waals surface area (Å²) in [4.78, 5) is 41.2. The number of carbonyl (C=O) groups excluding carboxylic acids is 3. The fourth-order valence-corrected chi connectivity index (χ4v) is 5.52. The molecule has 0 saturated carbocycles. The highest BCUT2D eigenvalue weighted by Crippen LogP contribution is 2.33. The van der Waals surface area contributed by atoms with E-state index in [4.69, 9.17) is 0 Å². The number of nitrogens with zero attached hydrogens (tertiary/aromatic N) is 1. The van der Waals surface area contributed by atoms with Crippen LogP contribution >= 0.6 is 0 Å². The molecule has 3 aliphatic rings. The Kier molecular flexibility index (Phi) is 7.13. The summed E-state index contributed by atoms with van der Waals surface area (Å²) in [6, 6.07) is 7.01. The monoisotopic (exact) mass is 440 g/mol. The Balaban J connectivity index is 1.49. The van der Waals surface area contributed by atoms with Crippen molar-refractivity contribution >= 4 is 17.7 Å². The lowest BCUT2D eigenvalue weighted by Crippen LogP contribution is -2.58. The number of aryl methyl sites for hydroxylation is 1. The fraction of sp³-hybridized carbons (Fsp3) is 0.640. The van der Waals surface area contributed by atoms with Gasteiger partial charge in [0.1, 0.15) is 12.1 Å². The number of amides is 3. The molecule has 2 saturated heterocycles. The van der Waals surface area contributed by atoms with Crippen LogP contribution in [0, 0.1) is 0 Å². The van der Waals surface area contributed by atoms with E-state index in [1.54, 1.807) is 18.9 Å². The van der Waals surface area contributed by atoms with Crippen LogP contribution in [0.3, 0.4) is 0 Å². The second-order valence-electron chi connectivity index (χ2n) is 9.50. The number of fused-ring (bicyclic) bond motifs is 2. The molecule has 3 amide bonds. The summed E-state index contributed by atoms with van der Waals surface area (Å²) in [5.74, 6) is -0.341. The zero-order chi connectivity index (χ0) is 22.7. The van der Waals surface area contributed by atoms with Gasteiger partial charge in [-0.05, 0) is 70.0 Å². The Hall–Kier alpha value is -2.41. The molecular weight excluding hydrogens is 404 g/mol. The molecule has 0 bridgehead atoms. The van der Waals surface area contributed by atoms with Crippen molar-refractivity contribution in [3.8, 4) is 0 Å². The van der Waals surface area contributed by atoms with Gasteiger partial charge < -0.3 is 20.9 Å². The van der Waals surface area contributed by atoms with Crippen molar-refractivity contribution < 1.29 is 14.4 Å². The Morgan fingerprint density at radius 3 is 2.53 bits per heavy atom. The molecule has 2 unspecified atom stereocenters. The summed E-state index contributed by atoms with van der Waals surface area (Å²) in [6.45, 7) is 1.78. The molecule has 3 N–H and O–H groups in total. The lowest BCUT2D eigenvalue weighted by Gasteiger charge is -2.36. The molecule has 0 radical (unpaired) electrons. The second kappa shape index (κ2) is 10.0. The first-order valence-corrected chi connectivity index (χ1v) is 12.2. The average Bonchev–Trinajstić information content (AvgIpc) is 3.22. The molecule has 2 heterocycles. The van der Waals surface area contributed by atoms with Gasteiger partial charge in [0.2, 0.25) is 17.7 Å². The lowest BCUT2D eigenvalue weighted by atomic mass is 9.87. The molecular formula is C25H36N4O3. The minimum absolute atomic E-state index is 0.00309. The van der Waals surface area contributed by atoms with Gasteiger partial charge in [-0.15, -0.1) is 0 Å². The number of hydrogen-bond acceptors (Lipinski definition) is 4. The van der Waals surface area contributed by atoms with E-state index in [1.807, 2.05) is 12.1 Å². The molecule has 0 spiro atoms. The predicted molar refractivity (Wildman–Crippen MR) is 123 cm³/mol. The van der Waals surface area contributed by atoms with E-state index in [0.29, 0.717) is 12.8 Å². The first kappa shape index (κ1) is 22.8. The third kappa shape index (κ3) is 4.68.